The van der Waals surface area contributed by atoms with Crippen LogP contribution in [0.4, 0.5) is 5.69 Å². The van der Waals surface area contributed by atoms with Crippen LogP contribution in [0.3, 0.4) is 0 Å². The number of aromatic nitrogens is 1. The van der Waals surface area contributed by atoms with Crippen LogP contribution >= 0.6 is 0 Å². The number of aryl methyl sites for hydroxylation is 1. The van der Waals surface area contributed by atoms with Gasteiger partial charge in [0.2, 0.25) is 0 Å². The number of nitrogens with zero attached hydrogens (tertiary/aromatic N) is 3. The summed E-state index contributed by atoms with van der Waals surface area (Å²) in [5.74, 6) is 1.22. The van der Waals surface area contributed by atoms with Crippen LogP contribution in [0, 0.1) is 6.92 Å². The number of hydrogen-bond donors (Lipinski definition) is 3. The molecular formula is C24H34N6. The maximum absolute atomic E-state index is 5.01. The molecule has 6 nitrogen and oxygen atoms in total. The first kappa shape index (κ1) is 20.7. The van der Waals surface area contributed by atoms with Crippen LogP contribution in [0.25, 0.3) is 16.5 Å². The summed E-state index contributed by atoms with van der Waals surface area (Å²) in [6.45, 7) is 9.16. The Morgan fingerprint density at radius 3 is 2.70 bits per heavy atom. The fraction of sp³-hybridized carbons (Fsp3) is 0.458. The molecule has 0 radical (unpaired) electrons. The van der Waals surface area contributed by atoms with Gasteiger partial charge in [0.25, 0.3) is 0 Å². The van der Waals surface area contributed by atoms with E-state index in [2.05, 4.69) is 83.2 Å². The van der Waals surface area contributed by atoms with Crippen molar-refractivity contribution in [3.05, 3.63) is 53.5 Å². The van der Waals surface area contributed by atoms with Gasteiger partial charge in [-0.3, -0.25) is 0 Å². The predicted octanol–water partition coefficient (Wildman–Crippen LogP) is 2.64. The summed E-state index contributed by atoms with van der Waals surface area (Å²) in [6.07, 6.45) is 5.54. The molecule has 2 aliphatic rings. The number of piperazine rings is 1. The van der Waals surface area contributed by atoms with Crippen molar-refractivity contribution in [2.75, 3.05) is 65.2 Å². The van der Waals surface area contributed by atoms with Crippen molar-refractivity contribution in [2.24, 2.45) is 0 Å². The van der Waals surface area contributed by atoms with E-state index in [0.29, 0.717) is 0 Å². The molecule has 0 saturated carbocycles. The summed E-state index contributed by atoms with van der Waals surface area (Å²) in [6, 6.07) is 8.75. The Bertz CT molecular complexity index is 940. The normalized spacial score (nSPS) is 17.0. The molecular weight excluding hydrogens is 372 g/mol. The minimum Gasteiger partial charge on any atom is -0.384 e. The number of fused-ring (bicyclic) bond motifs is 1. The number of allylic oxidation sites excluding steroid dienone is 2. The minimum atomic E-state index is 0.806. The van der Waals surface area contributed by atoms with Gasteiger partial charge >= 0.3 is 0 Å². The maximum Gasteiger partial charge on any atom is 0.102 e. The van der Waals surface area contributed by atoms with Crippen molar-refractivity contribution >= 4 is 22.2 Å². The number of hydrogen-bond acceptors (Lipinski definition) is 6. The van der Waals surface area contributed by atoms with Gasteiger partial charge in [0.1, 0.15) is 5.82 Å². The maximum atomic E-state index is 5.01. The molecule has 0 atom stereocenters. The van der Waals surface area contributed by atoms with E-state index in [9.17, 15) is 0 Å². The topological polar surface area (TPSA) is 55.5 Å². The van der Waals surface area contributed by atoms with Crippen molar-refractivity contribution in [3.63, 3.8) is 0 Å². The Morgan fingerprint density at radius 2 is 1.97 bits per heavy atom. The number of dihydropyridines is 1. The van der Waals surface area contributed by atoms with Crippen molar-refractivity contribution in [2.45, 2.75) is 13.3 Å². The van der Waals surface area contributed by atoms with Gasteiger partial charge in [-0.05, 0) is 63.3 Å². The molecule has 0 spiro atoms. The molecule has 4 rings (SSSR count). The first-order valence-corrected chi connectivity index (χ1v) is 11.0. The fourth-order valence-corrected chi connectivity index (χ4v) is 4.05. The molecule has 6 heteroatoms. The van der Waals surface area contributed by atoms with E-state index < -0.39 is 0 Å². The molecule has 1 saturated heterocycles. The molecule has 160 valence electrons. The first-order valence-electron chi connectivity index (χ1n) is 11.0. The number of nitrogens with one attached hydrogen (secondary N) is 3. The van der Waals surface area contributed by atoms with Crippen LogP contribution in [0.5, 0.6) is 0 Å². The molecule has 0 bridgehead atoms. The Labute approximate surface area is 180 Å². The summed E-state index contributed by atoms with van der Waals surface area (Å²) in [5.41, 5.74) is 5.74. The van der Waals surface area contributed by atoms with Crippen molar-refractivity contribution in [1.82, 2.24) is 25.4 Å². The van der Waals surface area contributed by atoms with E-state index in [1.165, 1.54) is 28.0 Å². The number of benzene rings is 1. The summed E-state index contributed by atoms with van der Waals surface area (Å²) in [5, 5.41) is 11.9. The van der Waals surface area contributed by atoms with Crippen LogP contribution in [0.2, 0.25) is 0 Å². The molecule has 30 heavy (non-hydrogen) atoms. The van der Waals surface area contributed by atoms with Gasteiger partial charge in [-0.1, -0.05) is 18.2 Å². The Morgan fingerprint density at radius 1 is 1.13 bits per heavy atom. The lowest BCUT2D eigenvalue weighted by molar-refractivity contribution is 0.282. The van der Waals surface area contributed by atoms with Gasteiger partial charge in [-0.2, -0.15) is 0 Å². The minimum absolute atomic E-state index is 0.806. The Hall–Kier alpha value is -2.57. The number of pyridine rings is 1. The smallest absolute Gasteiger partial charge is 0.102 e. The van der Waals surface area contributed by atoms with Gasteiger partial charge in [0.05, 0.1) is 11.2 Å². The highest BCUT2D eigenvalue weighted by Crippen LogP contribution is 2.28. The lowest BCUT2D eigenvalue weighted by Gasteiger charge is -2.33. The molecule has 2 aliphatic heterocycles. The van der Waals surface area contributed by atoms with E-state index in [4.69, 9.17) is 4.98 Å². The third-order valence-electron chi connectivity index (χ3n) is 5.75. The van der Waals surface area contributed by atoms with Crippen LogP contribution in [0.1, 0.15) is 17.7 Å². The summed E-state index contributed by atoms with van der Waals surface area (Å²) >= 11 is 0. The van der Waals surface area contributed by atoms with E-state index in [1.54, 1.807) is 0 Å². The van der Waals surface area contributed by atoms with Gasteiger partial charge < -0.3 is 25.8 Å². The second-order valence-electron chi connectivity index (χ2n) is 8.49. The van der Waals surface area contributed by atoms with Crippen molar-refractivity contribution in [1.29, 1.82) is 0 Å². The van der Waals surface area contributed by atoms with Gasteiger partial charge in [-0.25, -0.2) is 4.98 Å². The molecule has 0 unspecified atom stereocenters. The quantitative estimate of drug-likeness (QED) is 0.615. The Kier molecular flexibility index (Phi) is 6.55. The van der Waals surface area contributed by atoms with Crippen LogP contribution in [-0.2, 0) is 0 Å². The van der Waals surface area contributed by atoms with Crippen LogP contribution < -0.4 is 16.0 Å². The molecule has 1 aromatic carbocycles. The van der Waals surface area contributed by atoms with Crippen molar-refractivity contribution in [3.8, 4) is 0 Å². The lowest BCUT2D eigenvalue weighted by atomic mass is 10.0. The van der Waals surface area contributed by atoms with E-state index in [-0.39, 0.29) is 0 Å². The molecule has 1 fully saturated rings. The molecule has 0 aliphatic carbocycles. The first-order chi connectivity index (χ1) is 14.6. The third-order valence-corrected chi connectivity index (χ3v) is 5.75. The highest BCUT2D eigenvalue weighted by Gasteiger charge is 2.17. The van der Waals surface area contributed by atoms with E-state index in [0.717, 1.165) is 63.4 Å². The molecule has 0 amide bonds. The largest absolute Gasteiger partial charge is 0.384 e. The molecule has 1 aromatic heterocycles. The third kappa shape index (κ3) is 4.94. The summed E-state index contributed by atoms with van der Waals surface area (Å²) in [7, 11) is 4.24. The zero-order chi connectivity index (χ0) is 20.9. The summed E-state index contributed by atoms with van der Waals surface area (Å²) < 4.78 is 0. The lowest BCUT2D eigenvalue weighted by Crippen LogP contribution is -2.46. The zero-order valence-corrected chi connectivity index (χ0v) is 18.5. The van der Waals surface area contributed by atoms with Crippen LogP contribution in [0.15, 0.2) is 42.2 Å². The molecule has 2 aromatic rings. The number of rotatable bonds is 7. The molecule has 3 heterocycles. The summed E-state index contributed by atoms with van der Waals surface area (Å²) in [4.78, 5) is 9.64. The van der Waals surface area contributed by atoms with Gasteiger partial charge in [0, 0.05) is 50.3 Å². The van der Waals surface area contributed by atoms with E-state index >= 15 is 0 Å². The standard InChI is InChI=1S/C24H34N6/c1-18-5-7-20-22(26-9-4-12-29(2)3)16-21(28-23(20)15-18)19-6-8-24(27-17-19)30-13-10-25-11-14-30/h5-8,15-16,25,27H,4,9-14,17H2,1-3H3,(H,26,28). The van der Waals surface area contributed by atoms with Crippen LogP contribution in [-0.4, -0.2) is 74.7 Å². The SMILES string of the molecule is Cc1ccc2c(NCCCN(C)C)cc(C3=CC=C(N4CCNCC4)NC3)nc2c1. The second kappa shape index (κ2) is 9.49. The monoisotopic (exact) mass is 406 g/mol. The highest BCUT2D eigenvalue weighted by atomic mass is 15.3. The van der Waals surface area contributed by atoms with Crippen molar-refractivity contribution < 1.29 is 0 Å². The highest BCUT2D eigenvalue weighted by molar-refractivity contribution is 5.93. The Balaban J connectivity index is 1.58. The predicted molar refractivity (Wildman–Crippen MR) is 127 cm³/mol. The van der Waals surface area contributed by atoms with Gasteiger partial charge in [-0.15, -0.1) is 0 Å². The molecule has 3 N–H and O–H groups in total. The van der Waals surface area contributed by atoms with E-state index in [1.807, 2.05) is 0 Å². The average molecular weight is 407 g/mol. The fourth-order valence-electron chi connectivity index (χ4n) is 4.05. The van der Waals surface area contributed by atoms with Gasteiger partial charge in [0.15, 0.2) is 0 Å². The second-order valence-corrected chi connectivity index (χ2v) is 8.49. The number of anilines is 1. The average Bonchev–Trinajstić information content (AvgIpc) is 2.76. The zero-order valence-electron chi connectivity index (χ0n) is 18.5.